The third-order valence-corrected chi connectivity index (χ3v) is 7.02. The topological polar surface area (TPSA) is 140 Å². The van der Waals surface area contributed by atoms with E-state index in [0.29, 0.717) is 37.6 Å². The summed E-state index contributed by atoms with van der Waals surface area (Å²) in [7, 11) is 3.20. The number of aliphatic carboxylic acids is 1. The van der Waals surface area contributed by atoms with Crippen LogP contribution in [0.15, 0.2) is 18.2 Å². The fourth-order valence-corrected chi connectivity index (χ4v) is 4.29. The van der Waals surface area contributed by atoms with Gasteiger partial charge in [0.2, 0.25) is 5.91 Å². The summed E-state index contributed by atoms with van der Waals surface area (Å²) in [4.78, 5) is 25.1. The first-order chi connectivity index (χ1) is 20.7. The Morgan fingerprint density at radius 2 is 1.77 bits per heavy atom. The number of aliphatic hydroxyl groups excluding tert-OH is 1. The third kappa shape index (κ3) is 11.7. The van der Waals surface area contributed by atoms with Crippen LogP contribution in [0.1, 0.15) is 74.4 Å². The third-order valence-electron chi connectivity index (χ3n) is 7.02. The lowest BCUT2D eigenvalue weighted by Crippen LogP contribution is -2.45. The van der Waals surface area contributed by atoms with Crippen molar-refractivity contribution in [3.8, 4) is 11.5 Å². The zero-order chi connectivity index (χ0) is 34.8. The van der Waals surface area contributed by atoms with Crippen molar-refractivity contribution < 1.29 is 42.2 Å². The number of methoxy groups -OCH3 is 2. The van der Waals surface area contributed by atoms with Crippen molar-refractivity contribution in [3.05, 3.63) is 23.8 Å². The normalized spacial score (nSPS) is 18.0. The highest BCUT2D eigenvalue weighted by molar-refractivity contribution is 5.80. The molecule has 0 aliphatic rings. The maximum absolute atomic E-state index is 13.2. The second kappa shape index (κ2) is 16.7. The van der Waals surface area contributed by atoms with Crippen molar-refractivity contribution in [2.75, 3.05) is 34.0 Å². The van der Waals surface area contributed by atoms with E-state index in [0.717, 1.165) is 12.0 Å². The number of nitrogens with one attached hydrogen (secondary N) is 1. The van der Waals surface area contributed by atoms with Gasteiger partial charge in [-0.05, 0) is 68.4 Å². The minimum atomic E-state index is -3.43. The van der Waals surface area contributed by atoms with Crippen LogP contribution in [0.5, 0.6) is 11.5 Å². The van der Waals surface area contributed by atoms with Gasteiger partial charge in [-0.1, -0.05) is 33.8 Å². The number of rotatable bonds is 19. The van der Waals surface area contributed by atoms with E-state index < -0.39 is 55.6 Å². The van der Waals surface area contributed by atoms with E-state index >= 15 is 0 Å². The number of hydrogen-bond donors (Lipinski definition) is 4. The molecule has 0 aromatic heterocycles. The van der Waals surface area contributed by atoms with Gasteiger partial charge in [0.05, 0.1) is 25.2 Å². The summed E-state index contributed by atoms with van der Waals surface area (Å²) < 4.78 is 62.3. The lowest BCUT2D eigenvalue weighted by molar-refractivity contribution is -0.147. The number of aliphatic hydroxyl groups is 1. The summed E-state index contributed by atoms with van der Waals surface area (Å²) in [6.45, 7) is 0.602. The van der Waals surface area contributed by atoms with Crippen molar-refractivity contribution in [2.24, 2.45) is 34.8 Å². The minimum Gasteiger partial charge on any atom is -0.493 e. The van der Waals surface area contributed by atoms with Crippen LogP contribution in [-0.2, 0) is 20.7 Å². The van der Waals surface area contributed by atoms with Crippen LogP contribution in [-0.4, -0.2) is 68.2 Å². The Morgan fingerprint density at radius 1 is 1.08 bits per heavy atom. The Kier molecular flexibility index (Phi) is 10.9. The van der Waals surface area contributed by atoms with E-state index in [1.807, 2.05) is 18.2 Å². The number of carbonyl (C=O) groups is 2. The number of hydrogen-bond acceptors (Lipinski definition) is 7. The summed E-state index contributed by atoms with van der Waals surface area (Å²) in [6.07, 6.45) is 0.599. The average molecular weight is 559 g/mol. The summed E-state index contributed by atoms with van der Waals surface area (Å²) in [5.74, 6) is -2.57. The molecule has 0 unspecified atom stereocenters. The highest BCUT2D eigenvalue weighted by Gasteiger charge is 2.32. The van der Waals surface area contributed by atoms with Crippen LogP contribution in [0.4, 0.5) is 0 Å². The van der Waals surface area contributed by atoms with E-state index in [1.54, 1.807) is 28.1 Å². The van der Waals surface area contributed by atoms with E-state index in [9.17, 15) is 19.8 Å². The van der Waals surface area contributed by atoms with Crippen LogP contribution in [0.25, 0.3) is 0 Å². The van der Waals surface area contributed by atoms with Crippen LogP contribution >= 0.6 is 0 Å². The molecular formula is C30H52N2O7. The monoisotopic (exact) mass is 558 g/mol. The molecule has 0 fully saturated rings. The molecule has 9 nitrogen and oxygen atoms in total. The number of nitrogens with two attached hydrogens (primary N) is 1. The van der Waals surface area contributed by atoms with Crippen LogP contribution in [0.2, 0.25) is 0 Å². The van der Waals surface area contributed by atoms with Gasteiger partial charge in [-0.15, -0.1) is 0 Å². The molecule has 39 heavy (non-hydrogen) atoms. The second-order valence-electron chi connectivity index (χ2n) is 10.9. The molecule has 1 amide bonds. The van der Waals surface area contributed by atoms with Gasteiger partial charge in [0.25, 0.3) is 0 Å². The molecule has 0 aliphatic carbocycles. The molecule has 5 N–H and O–H groups in total. The van der Waals surface area contributed by atoms with Gasteiger partial charge in [0.15, 0.2) is 11.5 Å². The molecule has 0 saturated carbocycles. The predicted octanol–water partition coefficient (Wildman–Crippen LogP) is 3.89. The molecule has 224 valence electrons. The summed E-state index contributed by atoms with van der Waals surface area (Å²) in [5, 5.41) is 23.0. The first-order valence-electron chi connectivity index (χ1n) is 16.5. The number of amides is 1. The number of benzene rings is 1. The molecule has 0 radical (unpaired) electrons. The van der Waals surface area contributed by atoms with Gasteiger partial charge in [0, 0.05) is 46.9 Å². The Morgan fingerprint density at radius 3 is 2.31 bits per heavy atom. The first kappa shape index (κ1) is 25.6. The van der Waals surface area contributed by atoms with Gasteiger partial charge in [-0.3, -0.25) is 9.59 Å². The Balaban J connectivity index is 3.03. The molecule has 0 bridgehead atoms. The molecule has 1 rings (SSSR count). The van der Waals surface area contributed by atoms with E-state index in [-0.39, 0.29) is 24.2 Å². The molecule has 0 heterocycles. The van der Waals surface area contributed by atoms with Gasteiger partial charge in [-0.2, -0.15) is 0 Å². The lowest BCUT2D eigenvalue weighted by atomic mass is 9.80. The maximum Gasteiger partial charge on any atom is 0.310 e. The summed E-state index contributed by atoms with van der Waals surface area (Å²) in [6, 6.07) is 5.01. The summed E-state index contributed by atoms with van der Waals surface area (Å²) >= 11 is 0. The fourth-order valence-electron chi connectivity index (χ4n) is 4.29. The molecule has 1 aromatic rings. The molecule has 9 heteroatoms. The second-order valence-corrected chi connectivity index (χ2v) is 10.9. The number of ether oxygens (including phenoxy) is 3. The zero-order valence-electron chi connectivity index (χ0n) is 30.2. The van der Waals surface area contributed by atoms with Gasteiger partial charge < -0.3 is 35.5 Å². The number of carboxylic acids is 1. The average Bonchev–Trinajstić information content (AvgIpc) is 2.91. The van der Waals surface area contributed by atoms with E-state index in [2.05, 4.69) is 19.2 Å². The van der Waals surface area contributed by atoms with Crippen LogP contribution in [0, 0.1) is 29.1 Å². The van der Waals surface area contributed by atoms with E-state index in [1.165, 1.54) is 0 Å². The Labute approximate surface area is 243 Å². The fraction of sp³-hybridized carbons (Fsp3) is 0.733. The largest absolute Gasteiger partial charge is 0.493 e. The van der Waals surface area contributed by atoms with Gasteiger partial charge in [0.1, 0.15) is 0 Å². The predicted molar refractivity (Wildman–Crippen MR) is 153 cm³/mol. The van der Waals surface area contributed by atoms with Gasteiger partial charge in [-0.25, -0.2) is 0 Å². The smallest absolute Gasteiger partial charge is 0.310 e. The Bertz CT molecular complexity index is 1070. The minimum absolute atomic E-state index is 0.0606. The maximum atomic E-state index is 13.2. The number of carboxylic acid groups (broad SMARTS) is 1. The van der Waals surface area contributed by atoms with Crippen molar-refractivity contribution in [1.82, 2.24) is 5.32 Å². The van der Waals surface area contributed by atoms with Gasteiger partial charge >= 0.3 is 5.97 Å². The highest BCUT2D eigenvalue weighted by Crippen LogP contribution is 2.32. The molecule has 1 aromatic carbocycles. The quantitative estimate of drug-likeness (QED) is 0.188. The SMILES string of the molecule is [2H]C([2H])([2H])C(CNC(=O)[C@@H](C[C@H](O)[C@@H](N)C[C@H](Cc1ccc(OC)c(OCCCOC)c1)C(C)C)C(C)C)(C(=O)O)C([2H])([2H])[2H]. The van der Waals surface area contributed by atoms with Crippen LogP contribution in [0.3, 0.4) is 0 Å². The molecule has 0 aliphatic heterocycles. The number of carbonyl (C=O) groups excluding carboxylic acids is 1. The van der Waals surface area contributed by atoms with Crippen molar-refractivity contribution >= 4 is 11.9 Å². The Hall–Kier alpha value is -2.36. The van der Waals surface area contributed by atoms with Crippen LogP contribution < -0.4 is 20.5 Å². The van der Waals surface area contributed by atoms with Crippen molar-refractivity contribution in [2.45, 2.75) is 79.2 Å². The molecule has 0 saturated heterocycles. The molecular weight excluding hydrogens is 500 g/mol. The zero-order valence-corrected chi connectivity index (χ0v) is 24.2. The first-order valence-corrected chi connectivity index (χ1v) is 13.5. The molecule has 4 atom stereocenters. The summed E-state index contributed by atoms with van der Waals surface area (Å²) in [5.41, 5.74) is 4.26. The standard InChI is InChI=1S/C30H52N2O7/c1-19(2)22(14-21-10-11-26(38-8)27(15-21)39-13-9-12-37-7)16-24(31)25(33)17-23(20(3)4)28(34)32-18-30(5,6)29(35)36/h10-11,15,19-20,22-25,33H,9,12-14,16-18,31H2,1-8H3,(H,32,34)(H,35,36)/t22-,23-,24-,25-/m0/s1/i5D3,6D3. The molecule has 0 spiro atoms. The lowest BCUT2D eigenvalue weighted by Gasteiger charge is -2.30. The van der Waals surface area contributed by atoms with Crippen molar-refractivity contribution in [1.29, 1.82) is 0 Å². The highest BCUT2D eigenvalue weighted by atomic mass is 16.5. The van der Waals surface area contributed by atoms with E-state index in [4.69, 9.17) is 28.2 Å². The van der Waals surface area contributed by atoms with Crippen molar-refractivity contribution in [3.63, 3.8) is 0 Å².